The molecule has 5 heteroatoms. The molecule has 3 nitrogen and oxygen atoms in total. The fraction of sp³-hybridized carbons (Fsp3) is 0.167. The van der Waals surface area contributed by atoms with Crippen LogP contribution in [0.1, 0.15) is 24.4 Å². The predicted octanol–water partition coefficient (Wildman–Crippen LogP) is 5.51. The van der Waals surface area contributed by atoms with Crippen LogP contribution >= 0.6 is 23.2 Å². The maximum Gasteiger partial charge on any atom is 0.140 e. The van der Waals surface area contributed by atoms with Gasteiger partial charge >= 0.3 is 0 Å². The second kappa shape index (κ2) is 7.18. The summed E-state index contributed by atoms with van der Waals surface area (Å²) in [6.45, 7) is 2.55. The molecule has 118 valence electrons. The summed E-state index contributed by atoms with van der Waals surface area (Å²) in [5, 5.41) is 1.41. The lowest BCUT2D eigenvalue weighted by Crippen LogP contribution is -2.08. The van der Waals surface area contributed by atoms with E-state index >= 15 is 0 Å². The number of ether oxygens (including phenoxy) is 1. The number of halogens is 2. The molecule has 23 heavy (non-hydrogen) atoms. The van der Waals surface area contributed by atoms with Crippen LogP contribution in [-0.4, -0.2) is 16.6 Å². The van der Waals surface area contributed by atoms with Crippen molar-refractivity contribution in [2.24, 2.45) is 0 Å². The average Bonchev–Trinajstić information content (AvgIpc) is 3.04. The highest BCUT2D eigenvalue weighted by molar-refractivity contribution is 6.30. The highest BCUT2D eigenvalue weighted by Crippen LogP contribution is 2.27. The zero-order chi connectivity index (χ0) is 16.2. The number of rotatable bonds is 5. The van der Waals surface area contributed by atoms with Crippen molar-refractivity contribution in [3.8, 4) is 11.3 Å². The minimum absolute atomic E-state index is 0.252. The van der Waals surface area contributed by atoms with E-state index in [1.807, 2.05) is 55.5 Å². The van der Waals surface area contributed by atoms with Crippen LogP contribution in [0.4, 0.5) is 0 Å². The van der Waals surface area contributed by atoms with Crippen LogP contribution in [0, 0.1) is 0 Å². The number of hydrogen-bond donors (Lipinski definition) is 1. The van der Waals surface area contributed by atoms with Crippen LogP contribution < -0.4 is 0 Å². The van der Waals surface area contributed by atoms with Crippen molar-refractivity contribution in [1.29, 1.82) is 0 Å². The maximum absolute atomic E-state index is 5.96. The van der Waals surface area contributed by atoms with E-state index in [0.29, 0.717) is 16.7 Å². The zero-order valence-corrected chi connectivity index (χ0v) is 14.1. The molecule has 0 saturated heterocycles. The van der Waals surface area contributed by atoms with Gasteiger partial charge in [-0.05, 0) is 42.3 Å². The van der Waals surface area contributed by atoms with Crippen molar-refractivity contribution in [1.82, 2.24) is 9.97 Å². The Morgan fingerprint density at radius 3 is 2.22 bits per heavy atom. The Balaban J connectivity index is 1.91. The molecule has 1 unspecified atom stereocenters. The fourth-order valence-corrected chi connectivity index (χ4v) is 2.64. The summed E-state index contributed by atoms with van der Waals surface area (Å²) < 4.78 is 5.86. The van der Waals surface area contributed by atoms with Gasteiger partial charge in [0, 0.05) is 16.7 Å². The molecule has 2 aromatic carbocycles. The van der Waals surface area contributed by atoms with Crippen LogP contribution in [-0.2, 0) is 4.74 Å². The number of aromatic nitrogens is 2. The molecular formula is C18H16Cl2N2O. The van der Waals surface area contributed by atoms with E-state index in [-0.39, 0.29) is 6.10 Å². The van der Waals surface area contributed by atoms with Crippen LogP contribution in [0.15, 0.2) is 54.7 Å². The van der Waals surface area contributed by atoms with Crippen LogP contribution in [0.2, 0.25) is 10.0 Å². The molecule has 1 N–H and O–H groups in total. The van der Waals surface area contributed by atoms with E-state index in [0.717, 1.165) is 22.6 Å². The summed E-state index contributed by atoms with van der Waals surface area (Å²) in [5.41, 5.74) is 2.96. The first kappa shape index (κ1) is 16.1. The number of benzene rings is 2. The number of nitrogens with one attached hydrogen (secondary N) is 1. The third kappa shape index (κ3) is 3.75. The second-order valence-electron chi connectivity index (χ2n) is 5.08. The molecule has 0 fully saturated rings. The molecule has 0 aliphatic heterocycles. The summed E-state index contributed by atoms with van der Waals surface area (Å²) >= 11 is 11.9. The predicted molar refractivity (Wildman–Crippen MR) is 94.0 cm³/mol. The quantitative estimate of drug-likeness (QED) is 0.661. The van der Waals surface area contributed by atoms with Crippen molar-refractivity contribution in [3.05, 3.63) is 76.2 Å². The summed E-state index contributed by atoms with van der Waals surface area (Å²) in [6.07, 6.45) is 1.55. The Morgan fingerprint density at radius 2 is 1.61 bits per heavy atom. The first-order valence-corrected chi connectivity index (χ1v) is 8.11. The maximum atomic E-state index is 5.96. The van der Waals surface area contributed by atoms with Crippen molar-refractivity contribution in [3.63, 3.8) is 0 Å². The third-order valence-electron chi connectivity index (χ3n) is 3.51. The SMILES string of the molecule is CCOC(c1ccc(Cl)cc1)c1ncc(-c2ccc(Cl)cc2)[nH]1. The first-order chi connectivity index (χ1) is 11.2. The molecule has 1 aromatic heterocycles. The van der Waals surface area contributed by atoms with Crippen molar-refractivity contribution in [2.75, 3.05) is 6.61 Å². The molecule has 0 aliphatic rings. The summed E-state index contributed by atoms with van der Waals surface area (Å²) in [5.74, 6) is 0.763. The Kier molecular flexibility index (Phi) is 5.01. The van der Waals surface area contributed by atoms with Gasteiger partial charge in [-0.1, -0.05) is 47.5 Å². The highest BCUT2D eigenvalue weighted by atomic mass is 35.5. The largest absolute Gasteiger partial charge is 0.366 e. The molecular weight excluding hydrogens is 331 g/mol. The Labute approximate surface area is 145 Å². The fourth-order valence-electron chi connectivity index (χ4n) is 2.38. The first-order valence-electron chi connectivity index (χ1n) is 7.35. The van der Waals surface area contributed by atoms with Gasteiger partial charge in [0.1, 0.15) is 11.9 Å². The minimum Gasteiger partial charge on any atom is -0.366 e. The molecule has 0 saturated carbocycles. The van der Waals surface area contributed by atoms with Crippen molar-refractivity contribution < 1.29 is 4.74 Å². The van der Waals surface area contributed by atoms with E-state index in [2.05, 4.69) is 9.97 Å². The normalized spacial score (nSPS) is 12.3. The Morgan fingerprint density at radius 1 is 1.00 bits per heavy atom. The smallest absolute Gasteiger partial charge is 0.140 e. The van der Waals surface area contributed by atoms with Gasteiger partial charge in [-0.3, -0.25) is 0 Å². The van der Waals surface area contributed by atoms with Gasteiger partial charge in [-0.15, -0.1) is 0 Å². The summed E-state index contributed by atoms with van der Waals surface area (Å²) in [4.78, 5) is 7.82. The van der Waals surface area contributed by atoms with Crippen LogP contribution in [0.5, 0.6) is 0 Å². The van der Waals surface area contributed by atoms with Gasteiger partial charge in [0.05, 0.1) is 11.9 Å². The highest BCUT2D eigenvalue weighted by Gasteiger charge is 2.18. The lowest BCUT2D eigenvalue weighted by Gasteiger charge is -2.15. The van der Waals surface area contributed by atoms with Gasteiger partial charge < -0.3 is 9.72 Å². The molecule has 0 bridgehead atoms. The Hall–Kier alpha value is -1.81. The molecule has 0 amide bonds. The van der Waals surface area contributed by atoms with E-state index in [1.165, 1.54) is 0 Å². The number of imidazole rings is 1. The van der Waals surface area contributed by atoms with Gasteiger partial charge in [-0.25, -0.2) is 4.98 Å². The third-order valence-corrected chi connectivity index (χ3v) is 4.01. The molecule has 3 aromatic rings. The molecule has 0 radical (unpaired) electrons. The summed E-state index contributed by atoms with van der Waals surface area (Å²) in [6, 6.07) is 15.2. The molecule has 1 atom stereocenters. The second-order valence-corrected chi connectivity index (χ2v) is 5.95. The number of aromatic amines is 1. The van der Waals surface area contributed by atoms with Crippen molar-refractivity contribution >= 4 is 23.2 Å². The average molecular weight is 347 g/mol. The zero-order valence-electron chi connectivity index (χ0n) is 12.6. The summed E-state index contributed by atoms with van der Waals surface area (Å²) in [7, 11) is 0. The standard InChI is InChI=1S/C18H16Cl2N2O/c1-2-23-17(13-5-9-15(20)10-6-13)18-21-11-16(22-18)12-3-7-14(19)8-4-12/h3-11,17H,2H2,1H3,(H,21,22). The van der Waals surface area contributed by atoms with Crippen molar-refractivity contribution in [2.45, 2.75) is 13.0 Å². The lowest BCUT2D eigenvalue weighted by atomic mass is 10.1. The molecule has 1 heterocycles. The van der Waals surface area contributed by atoms with Crippen LogP contribution in [0.3, 0.4) is 0 Å². The monoisotopic (exact) mass is 346 g/mol. The van der Waals surface area contributed by atoms with E-state index in [9.17, 15) is 0 Å². The Bertz CT molecular complexity index is 766. The van der Waals surface area contributed by atoms with Gasteiger partial charge in [0.25, 0.3) is 0 Å². The number of hydrogen-bond acceptors (Lipinski definition) is 2. The number of H-pyrrole nitrogens is 1. The van der Waals surface area contributed by atoms with Gasteiger partial charge in [-0.2, -0.15) is 0 Å². The number of nitrogens with zero attached hydrogens (tertiary/aromatic N) is 1. The minimum atomic E-state index is -0.252. The van der Waals surface area contributed by atoms with E-state index in [4.69, 9.17) is 27.9 Å². The molecule has 3 rings (SSSR count). The van der Waals surface area contributed by atoms with E-state index < -0.39 is 0 Å². The van der Waals surface area contributed by atoms with Crippen LogP contribution in [0.25, 0.3) is 11.3 Å². The van der Waals surface area contributed by atoms with E-state index in [1.54, 1.807) is 6.20 Å². The molecule has 0 spiro atoms. The molecule has 0 aliphatic carbocycles. The van der Waals surface area contributed by atoms with Gasteiger partial charge in [0.2, 0.25) is 0 Å². The lowest BCUT2D eigenvalue weighted by molar-refractivity contribution is 0.0858. The topological polar surface area (TPSA) is 37.9 Å². The van der Waals surface area contributed by atoms with Gasteiger partial charge in [0.15, 0.2) is 0 Å².